The number of carbonyl (C=O) groups is 1. The van der Waals surface area contributed by atoms with Gasteiger partial charge in [0.2, 0.25) is 5.91 Å². The maximum absolute atomic E-state index is 12.5. The molecule has 0 spiro atoms. The molecule has 0 aliphatic carbocycles. The van der Waals surface area contributed by atoms with Crippen molar-refractivity contribution in [2.45, 2.75) is 19.9 Å². The van der Waals surface area contributed by atoms with E-state index in [1.807, 2.05) is 46.1 Å². The molecule has 5 heteroatoms. The van der Waals surface area contributed by atoms with Crippen LogP contribution in [0.3, 0.4) is 0 Å². The van der Waals surface area contributed by atoms with Crippen LogP contribution in [0.25, 0.3) is 0 Å². The average Bonchev–Trinajstić information content (AvgIpc) is 2.53. The molecule has 0 unspecified atom stereocenters. The van der Waals surface area contributed by atoms with E-state index in [-0.39, 0.29) is 22.9 Å². The van der Waals surface area contributed by atoms with Gasteiger partial charge in [-0.3, -0.25) is 4.79 Å². The number of benzene rings is 1. The van der Waals surface area contributed by atoms with Crippen molar-refractivity contribution in [1.82, 2.24) is 0 Å². The van der Waals surface area contributed by atoms with Gasteiger partial charge < -0.3 is 26.6 Å². The highest BCUT2D eigenvalue weighted by atomic mass is 79.9. The van der Waals surface area contributed by atoms with Crippen LogP contribution in [-0.2, 0) is 11.3 Å². The highest BCUT2D eigenvalue weighted by Crippen LogP contribution is 2.31. The zero-order valence-corrected chi connectivity index (χ0v) is 14.1. The number of para-hydroxylation sites is 2. The van der Waals surface area contributed by atoms with Gasteiger partial charge in [0.1, 0.15) is 12.4 Å². The fraction of sp³-hybridized carbons (Fsp3) is 0.294. The standard InChI is InChI=1S/C17H19N2O2.BrH/c1-14-6-9-18(10-7-14)11-8-17(20)19-12-13-21-16-5-3-2-4-15(16)19;/h2-7,9-10H,8,11-13H2,1H3;1H/q+1;/p-1. The number of nitrogens with zero attached hydrogens (tertiary/aromatic N) is 2. The van der Waals surface area contributed by atoms with Gasteiger partial charge in [0, 0.05) is 12.1 Å². The molecule has 1 aliphatic heterocycles. The van der Waals surface area contributed by atoms with Crippen LogP contribution in [0.2, 0.25) is 0 Å². The van der Waals surface area contributed by atoms with Crippen molar-refractivity contribution in [2.24, 2.45) is 0 Å². The van der Waals surface area contributed by atoms with Crippen molar-refractivity contribution in [1.29, 1.82) is 0 Å². The number of amides is 1. The number of aromatic nitrogens is 1. The number of anilines is 1. The van der Waals surface area contributed by atoms with Crippen molar-refractivity contribution in [3.8, 4) is 5.75 Å². The summed E-state index contributed by atoms with van der Waals surface area (Å²) in [5, 5.41) is 0. The molecule has 0 saturated heterocycles. The Morgan fingerprint density at radius 3 is 2.73 bits per heavy atom. The van der Waals surface area contributed by atoms with E-state index in [0.29, 0.717) is 26.1 Å². The molecule has 1 aromatic heterocycles. The van der Waals surface area contributed by atoms with Crippen molar-refractivity contribution in [3.63, 3.8) is 0 Å². The number of hydrogen-bond acceptors (Lipinski definition) is 2. The zero-order valence-electron chi connectivity index (χ0n) is 12.5. The summed E-state index contributed by atoms with van der Waals surface area (Å²) >= 11 is 0. The van der Waals surface area contributed by atoms with Crippen LogP contribution in [0.5, 0.6) is 5.75 Å². The first-order valence-electron chi connectivity index (χ1n) is 7.22. The van der Waals surface area contributed by atoms with E-state index in [1.54, 1.807) is 0 Å². The molecule has 0 radical (unpaired) electrons. The summed E-state index contributed by atoms with van der Waals surface area (Å²) in [6.45, 7) is 3.92. The summed E-state index contributed by atoms with van der Waals surface area (Å²) in [7, 11) is 0. The SMILES string of the molecule is Cc1cc[n+](CCC(=O)N2CCOc3ccccc32)cc1.[Br-]. The Bertz CT molecular complexity index is 643. The molecule has 1 aromatic carbocycles. The van der Waals surface area contributed by atoms with Crippen LogP contribution < -0.4 is 31.2 Å². The molecular formula is C17H19BrN2O2. The van der Waals surface area contributed by atoms with E-state index in [1.165, 1.54) is 5.56 Å². The number of aryl methyl sites for hydroxylation is 2. The summed E-state index contributed by atoms with van der Waals surface area (Å²) in [6, 6.07) is 11.8. The van der Waals surface area contributed by atoms with Gasteiger partial charge in [-0.2, -0.15) is 0 Å². The average molecular weight is 363 g/mol. The lowest BCUT2D eigenvalue weighted by molar-refractivity contribution is -0.695. The quantitative estimate of drug-likeness (QED) is 0.663. The number of ether oxygens (including phenoxy) is 1. The van der Waals surface area contributed by atoms with Gasteiger partial charge in [-0.15, -0.1) is 0 Å². The molecular weight excluding hydrogens is 344 g/mol. The van der Waals surface area contributed by atoms with Gasteiger partial charge in [0.05, 0.1) is 18.7 Å². The first kappa shape index (κ1) is 16.5. The van der Waals surface area contributed by atoms with Crippen LogP contribution >= 0.6 is 0 Å². The maximum Gasteiger partial charge on any atom is 0.233 e. The molecule has 0 N–H and O–H groups in total. The van der Waals surface area contributed by atoms with Gasteiger partial charge in [-0.1, -0.05) is 12.1 Å². The number of carbonyl (C=O) groups excluding carboxylic acids is 1. The Morgan fingerprint density at radius 2 is 1.95 bits per heavy atom. The largest absolute Gasteiger partial charge is 1.00 e. The van der Waals surface area contributed by atoms with E-state index in [0.717, 1.165) is 11.4 Å². The molecule has 2 aromatic rings. The van der Waals surface area contributed by atoms with E-state index < -0.39 is 0 Å². The molecule has 0 fully saturated rings. The third-order valence-corrected chi connectivity index (χ3v) is 3.67. The van der Waals surface area contributed by atoms with Gasteiger partial charge in [-0.05, 0) is 24.6 Å². The minimum absolute atomic E-state index is 0. The lowest BCUT2D eigenvalue weighted by Crippen LogP contribution is -3.00. The predicted molar refractivity (Wildman–Crippen MR) is 80.3 cm³/mol. The maximum atomic E-state index is 12.5. The van der Waals surface area contributed by atoms with Gasteiger partial charge >= 0.3 is 0 Å². The zero-order chi connectivity index (χ0) is 14.7. The predicted octanol–water partition coefficient (Wildman–Crippen LogP) is -0.898. The van der Waals surface area contributed by atoms with Crippen molar-refractivity contribution >= 4 is 11.6 Å². The second-order valence-corrected chi connectivity index (χ2v) is 5.22. The smallest absolute Gasteiger partial charge is 0.233 e. The molecule has 0 bridgehead atoms. The lowest BCUT2D eigenvalue weighted by Gasteiger charge is -2.29. The van der Waals surface area contributed by atoms with E-state index in [2.05, 4.69) is 19.1 Å². The van der Waals surface area contributed by atoms with Gasteiger partial charge in [0.25, 0.3) is 0 Å². The number of halogens is 1. The van der Waals surface area contributed by atoms with Crippen LogP contribution in [0.4, 0.5) is 5.69 Å². The molecule has 0 saturated carbocycles. The minimum Gasteiger partial charge on any atom is -1.00 e. The van der Waals surface area contributed by atoms with Crippen LogP contribution in [0, 0.1) is 6.92 Å². The van der Waals surface area contributed by atoms with E-state index in [9.17, 15) is 4.79 Å². The molecule has 22 heavy (non-hydrogen) atoms. The Morgan fingerprint density at radius 1 is 1.23 bits per heavy atom. The Labute approximate surface area is 141 Å². The number of pyridine rings is 1. The van der Waals surface area contributed by atoms with Crippen LogP contribution in [0.1, 0.15) is 12.0 Å². The van der Waals surface area contributed by atoms with Crippen molar-refractivity contribution < 1.29 is 31.1 Å². The number of rotatable bonds is 3. The summed E-state index contributed by atoms with van der Waals surface area (Å²) in [6.07, 6.45) is 4.51. The van der Waals surface area contributed by atoms with Crippen molar-refractivity contribution in [3.05, 3.63) is 54.4 Å². The normalized spacial score (nSPS) is 12.9. The molecule has 4 nitrogen and oxygen atoms in total. The van der Waals surface area contributed by atoms with Gasteiger partial charge in [-0.25, -0.2) is 4.57 Å². The van der Waals surface area contributed by atoms with E-state index in [4.69, 9.17) is 4.74 Å². The number of fused-ring (bicyclic) bond motifs is 1. The molecule has 3 rings (SSSR count). The van der Waals surface area contributed by atoms with Gasteiger partial charge in [0.15, 0.2) is 18.9 Å². The Balaban J connectivity index is 0.00000176. The highest BCUT2D eigenvalue weighted by Gasteiger charge is 2.23. The summed E-state index contributed by atoms with van der Waals surface area (Å²) in [5.41, 5.74) is 2.10. The first-order valence-corrected chi connectivity index (χ1v) is 7.22. The third-order valence-electron chi connectivity index (χ3n) is 3.67. The van der Waals surface area contributed by atoms with E-state index >= 15 is 0 Å². The second-order valence-electron chi connectivity index (χ2n) is 5.22. The molecule has 2 heterocycles. The second kappa shape index (κ2) is 7.40. The topological polar surface area (TPSA) is 33.4 Å². The molecule has 116 valence electrons. The lowest BCUT2D eigenvalue weighted by atomic mass is 10.2. The van der Waals surface area contributed by atoms with Crippen LogP contribution in [0.15, 0.2) is 48.8 Å². The van der Waals surface area contributed by atoms with Crippen LogP contribution in [-0.4, -0.2) is 19.1 Å². The summed E-state index contributed by atoms with van der Waals surface area (Å²) in [5.74, 6) is 0.930. The molecule has 1 aliphatic rings. The third kappa shape index (κ3) is 3.65. The highest BCUT2D eigenvalue weighted by molar-refractivity contribution is 5.95. The Hall–Kier alpha value is -1.88. The van der Waals surface area contributed by atoms with Crippen molar-refractivity contribution in [2.75, 3.05) is 18.1 Å². The minimum atomic E-state index is 0. The fourth-order valence-corrected chi connectivity index (χ4v) is 2.47. The number of hydrogen-bond donors (Lipinski definition) is 0. The fourth-order valence-electron chi connectivity index (χ4n) is 2.47. The Kier molecular flexibility index (Phi) is 5.55. The summed E-state index contributed by atoms with van der Waals surface area (Å²) < 4.78 is 7.62. The first-order chi connectivity index (χ1) is 10.2. The molecule has 1 amide bonds. The molecule has 0 atom stereocenters. The summed E-state index contributed by atoms with van der Waals surface area (Å²) in [4.78, 5) is 14.3. The monoisotopic (exact) mass is 362 g/mol.